The smallest absolute Gasteiger partial charge is 0.303 e. The van der Waals surface area contributed by atoms with Gasteiger partial charge in [0.1, 0.15) is 0 Å². The van der Waals surface area contributed by atoms with Crippen LogP contribution in [0.3, 0.4) is 0 Å². The van der Waals surface area contributed by atoms with Crippen molar-refractivity contribution < 1.29 is 14.7 Å². The summed E-state index contributed by atoms with van der Waals surface area (Å²) >= 11 is 0. The van der Waals surface area contributed by atoms with Crippen LogP contribution in [-0.4, -0.2) is 48.1 Å². The van der Waals surface area contributed by atoms with E-state index in [4.69, 9.17) is 5.11 Å². The summed E-state index contributed by atoms with van der Waals surface area (Å²) < 4.78 is 0. The molecule has 1 aliphatic rings. The molecular weight excluding hydrogens is 220 g/mol. The zero-order valence-electron chi connectivity index (χ0n) is 10.4. The van der Waals surface area contributed by atoms with Gasteiger partial charge in [0, 0.05) is 19.5 Å². The van der Waals surface area contributed by atoms with E-state index in [1.165, 1.54) is 0 Å². The Morgan fingerprint density at radius 2 is 2.24 bits per heavy atom. The molecule has 5 heteroatoms. The number of hydrogen-bond donors (Lipinski definition) is 2. The summed E-state index contributed by atoms with van der Waals surface area (Å²) in [6.07, 6.45) is 2.92. The van der Waals surface area contributed by atoms with Gasteiger partial charge in [-0.3, -0.25) is 9.59 Å². The summed E-state index contributed by atoms with van der Waals surface area (Å²) in [6.45, 7) is 4.69. The molecule has 1 heterocycles. The van der Waals surface area contributed by atoms with Crippen LogP contribution in [0.1, 0.15) is 32.6 Å². The molecule has 0 aromatic heterocycles. The van der Waals surface area contributed by atoms with E-state index in [2.05, 4.69) is 5.32 Å². The van der Waals surface area contributed by atoms with Crippen LogP contribution in [0.4, 0.5) is 0 Å². The van der Waals surface area contributed by atoms with Crippen LogP contribution in [-0.2, 0) is 9.59 Å². The number of carbonyl (C=O) groups excluding carboxylic acids is 1. The van der Waals surface area contributed by atoms with Gasteiger partial charge in [-0.2, -0.15) is 0 Å². The van der Waals surface area contributed by atoms with Gasteiger partial charge < -0.3 is 15.3 Å². The number of likely N-dealkylation sites (N-methyl/N-ethyl adjacent to an activating group) is 1. The summed E-state index contributed by atoms with van der Waals surface area (Å²) in [4.78, 5) is 24.2. The van der Waals surface area contributed by atoms with E-state index in [1.807, 2.05) is 11.8 Å². The second-order valence-electron chi connectivity index (χ2n) is 4.56. The lowest BCUT2D eigenvalue weighted by Gasteiger charge is -2.32. The van der Waals surface area contributed by atoms with Crippen molar-refractivity contribution in [1.29, 1.82) is 0 Å². The summed E-state index contributed by atoms with van der Waals surface area (Å²) in [5.41, 5.74) is 0. The zero-order chi connectivity index (χ0) is 12.7. The first-order chi connectivity index (χ1) is 8.13. The van der Waals surface area contributed by atoms with Crippen LogP contribution in [0.15, 0.2) is 0 Å². The van der Waals surface area contributed by atoms with E-state index in [1.54, 1.807) is 0 Å². The molecule has 0 bridgehead atoms. The van der Waals surface area contributed by atoms with Gasteiger partial charge in [0.25, 0.3) is 0 Å². The lowest BCUT2D eigenvalue weighted by Crippen LogP contribution is -2.44. The Hall–Kier alpha value is -1.10. The summed E-state index contributed by atoms with van der Waals surface area (Å²) in [7, 11) is 0. The molecule has 0 saturated carbocycles. The van der Waals surface area contributed by atoms with E-state index >= 15 is 0 Å². The fourth-order valence-electron chi connectivity index (χ4n) is 2.20. The third kappa shape index (κ3) is 5.17. The van der Waals surface area contributed by atoms with E-state index in [-0.39, 0.29) is 12.3 Å². The highest BCUT2D eigenvalue weighted by atomic mass is 16.4. The Morgan fingerprint density at radius 3 is 2.88 bits per heavy atom. The number of carbonyl (C=O) groups is 2. The second-order valence-corrected chi connectivity index (χ2v) is 4.56. The third-order valence-electron chi connectivity index (χ3n) is 3.16. The van der Waals surface area contributed by atoms with Gasteiger partial charge in [0.05, 0.1) is 6.54 Å². The Morgan fingerprint density at radius 1 is 1.47 bits per heavy atom. The molecule has 1 amide bonds. The molecule has 1 rings (SSSR count). The minimum absolute atomic E-state index is 0.131. The SMILES string of the molecule is CCNCC(=O)N1CCCC(CCC(=O)O)C1. The predicted molar refractivity (Wildman–Crippen MR) is 64.7 cm³/mol. The number of piperidine rings is 1. The average Bonchev–Trinajstić information content (AvgIpc) is 2.33. The van der Waals surface area contributed by atoms with Gasteiger partial charge in [-0.1, -0.05) is 6.92 Å². The molecular formula is C12H22N2O3. The Labute approximate surface area is 102 Å². The van der Waals surface area contributed by atoms with Crippen molar-refractivity contribution in [2.24, 2.45) is 5.92 Å². The number of carboxylic acids is 1. The summed E-state index contributed by atoms with van der Waals surface area (Å²) in [5.74, 6) is -0.265. The molecule has 5 nitrogen and oxygen atoms in total. The van der Waals surface area contributed by atoms with E-state index in [9.17, 15) is 9.59 Å². The van der Waals surface area contributed by atoms with Crippen molar-refractivity contribution in [3.8, 4) is 0 Å². The average molecular weight is 242 g/mol. The number of nitrogens with one attached hydrogen (secondary N) is 1. The molecule has 1 fully saturated rings. The molecule has 1 saturated heterocycles. The first-order valence-corrected chi connectivity index (χ1v) is 6.33. The van der Waals surface area contributed by atoms with Gasteiger partial charge in [-0.25, -0.2) is 0 Å². The minimum atomic E-state index is -0.749. The fourth-order valence-corrected chi connectivity index (χ4v) is 2.20. The lowest BCUT2D eigenvalue weighted by atomic mass is 9.93. The maximum Gasteiger partial charge on any atom is 0.303 e. The molecule has 0 aromatic rings. The van der Waals surface area contributed by atoms with E-state index in [0.717, 1.165) is 32.5 Å². The molecule has 1 aliphatic heterocycles. The number of hydrogen-bond acceptors (Lipinski definition) is 3. The fraction of sp³-hybridized carbons (Fsp3) is 0.833. The first-order valence-electron chi connectivity index (χ1n) is 6.33. The molecule has 17 heavy (non-hydrogen) atoms. The number of aliphatic carboxylic acids is 1. The van der Waals surface area contributed by atoms with Crippen molar-refractivity contribution >= 4 is 11.9 Å². The molecule has 2 N–H and O–H groups in total. The summed E-state index contributed by atoms with van der Waals surface area (Å²) in [5, 5.41) is 11.7. The van der Waals surface area contributed by atoms with E-state index in [0.29, 0.717) is 18.9 Å². The van der Waals surface area contributed by atoms with Crippen LogP contribution in [0.5, 0.6) is 0 Å². The van der Waals surface area contributed by atoms with Gasteiger partial charge in [0.15, 0.2) is 0 Å². The number of rotatable bonds is 6. The molecule has 0 aliphatic carbocycles. The summed E-state index contributed by atoms with van der Waals surface area (Å²) in [6, 6.07) is 0. The Kier molecular flexibility index (Phi) is 5.97. The number of amides is 1. The van der Waals surface area contributed by atoms with Crippen molar-refractivity contribution in [3.63, 3.8) is 0 Å². The topological polar surface area (TPSA) is 69.6 Å². The van der Waals surface area contributed by atoms with Crippen molar-refractivity contribution in [2.75, 3.05) is 26.2 Å². The predicted octanol–water partition coefficient (Wildman–Crippen LogP) is 0.699. The maximum atomic E-state index is 11.8. The van der Waals surface area contributed by atoms with Crippen LogP contribution >= 0.6 is 0 Å². The highest BCUT2D eigenvalue weighted by Crippen LogP contribution is 2.20. The molecule has 98 valence electrons. The number of carboxylic acid groups (broad SMARTS) is 1. The molecule has 0 spiro atoms. The first kappa shape index (κ1) is 14.0. The second kappa shape index (κ2) is 7.27. The molecule has 1 unspecified atom stereocenters. The quantitative estimate of drug-likeness (QED) is 0.719. The molecule has 1 atom stereocenters. The highest BCUT2D eigenvalue weighted by molar-refractivity contribution is 5.78. The van der Waals surface area contributed by atoms with E-state index < -0.39 is 5.97 Å². The number of likely N-dealkylation sites (tertiary alicyclic amines) is 1. The van der Waals surface area contributed by atoms with Crippen LogP contribution in [0.25, 0.3) is 0 Å². The van der Waals surface area contributed by atoms with Gasteiger partial charge in [-0.05, 0) is 31.7 Å². The zero-order valence-corrected chi connectivity index (χ0v) is 10.4. The van der Waals surface area contributed by atoms with Crippen LogP contribution in [0.2, 0.25) is 0 Å². The van der Waals surface area contributed by atoms with Gasteiger partial charge in [0.2, 0.25) is 5.91 Å². The lowest BCUT2D eigenvalue weighted by molar-refractivity contribution is -0.137. The largest absolute Gasteiger partial charge is 0.481 e. The monoisotopic (exact) mass is 242 g/mol. The standard InChI is InChI=1S/C12H22N2O3/c1-2-13-8-11(15)14-7-3-4-10(9-14)5-6-12(16)17/h10,13H,2-9H2,1H3,(H,16,17). The number of nitrogens with zero attached hydrogens (tertiary/aromatic N) is 1. The van der Waals surface area contributed by atoms with Gasteiger partial charge in [-0.15, -0.1) is 0 Å². The van der Waals surface area contributed by atoms with Crippen molar-refractivity contribution in [3.05, 3.63) is 0 Å². The Bertz CT molecular complexity index is 268. The molecule has 0 aromatic carbocycles. The van der Waals surface area contributed by atoms with Crippen LogP contribution in [0, 0.1) is 5.92 Å². The Balaban J connectivity index is 2.32. The maximum absolute atomic E-state index is 11.8. The van der Waals surface area contributed by atoms with Gasteiger partial charge >= 0.3 is 5.97 Å². The van der Waals surface area contributed by atoms with Crippen LogP contribution < -0.4 is 5.32 Å². The minimum Gasteiger partial charge on any atom is -0.481 e. The van der Waals surface area contributed by atoms with Crippen molar-refractivity contribution in [1.82, 2.24) is 10.2 Å². The van der Waals surface area contributed by atoms with Crippen molar-refractivity contribution in [2.45, 2.75) is 32.6 Å². The normalized spacial score (nSPS) is 20.3. The molecule has 0 radical (unpaired) electrons. The highest BCUT2D eigenvalue weighted by Gasteiger charge is 2.23. The third-order valence-corrected chi connectivity index (χ3v) is 3.16.